The molecule has 1 aromatic rings. The zero-order valence-corrected chi connectivity index (χ0v) is 44.6. The van der Waals surface area contributed by atoms with Crippen LogP contribution in [0.15, 0.2) is 24.3 Å². The van der Waals surface area contributed by atoms with Gasteiger partial charge in [0.15, 0.2) is 0 Å². The van der Waals surface area contributed by atoms with Crippen LogP contribution in [0, 0.1) is 11.8 Å². The van der Waals surface area contributed by atoms with E-state index in [1.165, 1.54) is 28.9 Å². The highest BCUT2D eigenvalue weighted by Gasteiger charge is 2.42. The number of hydrogen-bond acceptors (Lipinski definition) is 14. The van der Waals surface area contributed by atoms with E-state index in [2.05, 4.69) is 36.4 Å². The number of carboxylic acids is 2. The summed E-state index contributed by atoms with van der Waals surface area (Å²) in [5.74, 6) is -12.7. The quantitative estimate of drug-likeness (QED) is 0.0364. The van der Waals surface area contributed by atoms with E-state index in [1.807, 2.05) is 0 Å². The fourth-order valence-corrected chi connectivity index (χ4v) is 9.19. The second kappa shape index (κ2) is 29.9. The second-order valence-corrected chi connectivity index (χ2v) is 20.4. The first-order valence-corrected chi connectivity index (χ1v) is 26.8. The summed E-state index contributed by atoms with van der Waals surface area (Å²) in [4.78, 5) is 180. The van der Waals surface area contributed by atoms with Crippen molar-refractivity contribution in [2.45, 2.75) is 166 Å². The van der Waals surface area contributed by atoms with Gasteiger partial charge in [0.05, 0.1) is 0 Å². The Hall–Kier alpha value is -7.19. The molecule has 0 radical (unpaired) electrons. The van der Waals surface area contributed by atoms with E-state index in [9.17, 15) is 82.1 Å². The Kier molecular flexibility index (Phi) is 24.9. The Morgan fingerprint density at radius 2 is 1.05 bits per heavy atom. The summed E-state index contributed by atoms with van der Waals surface area (Å²) >= 11 is 0. The number of likely N-dealkylation sites (tertiary alicyclic amines) is 2. The van der Waals surface area contributed by atoms with Crippen molar-refractivity contribution in [3.63, 3.8) is 0 Å². The van der Waals surface area contributed by atoms with Crippen LogP contribution in [0.2, 0.25) is 0 Å². The van der Waals surface area contributed by atoms with Crippen LogP contribution in [0.25, 0.3) is 0 Å². The minimum Gasteiger partial charge on any atom is -0.481 e. The monoisotopic (exact) mass is 1110 g/mol. The van der Waals surface area contributed by atoms with Gasteiger partial charge in [-0.15, -0.1) is 0 Å². The zero-order chi connectivity index (χ0) is 57.9. The molecule has 0 aliphatic carbocycles. The van der Waals surface area contributed by atoms with E-state index >= 15 is 0 Å². The Morgan fingerprint density at radius 3 is 1.52 bits per heavy atom. The van der Waals surface area contributed by atoms with Crippen molar-refractivity contribution in [1.82, 2.24) is 41.7 Å². The highest BCUT2D eigenvalue weighted by Crippen LogP contribution is 2.37. The number of aliphatic carboxylic acids is 2. The number of carboxylic acid groups (broad SMARTS) is 2. The number of carbonyl (C=O) groups excluding carboxylic acids is 10. The first kappa shape index (κ1) is 64.1. The molecule has 77 heavy (non-hydrogen) atoms. The number of nitrogens with zero attached hydrogens (tertiary/aromatic N) is 2. The average Bonchev–Trinajstić information content (AvgIpc) is 4.07. The molecule has 10 atom stereocenters. The van der Waals surface area contributed by atoms with E-state index in [0.29, 0.717) is 25.7 Å². The van der Waals surface area contributed by atoms with Gasteiger partial charge in [0, 0.05) is 45.7 Å². The second-order valence-electron chi connectivity index (χ2n) is 19.3. The molecule has 0 spiro atoms. The average molecular weight is 1110 g/mol. The Bertz CT molecular complexity index is 2390. The number of amides is 10. The number of phosphoric acid groups is 1. The molecule has 14 N–H and O–H groups in total. The van der Waals surface area contributed by atoms with Gasteiger partial charge in [0.2, 0.25) is 59.1 Å². The fraction of sp³-hybridized carbons (Fsp3) is 0.625. The molecule has 2 aliphatic heterocycles. The summed E-state index contributed by atoms with van der Waals surface area (Å²) in [7, 11) is -5.01. The number of nitrogens with two attached hydrogens (primary N) is 2. The number of hydrogen-bond donors (Lipinski definition) is 12. The molecule has 2 fully saturated rings. The molecular weight excluding hydrogens is 1040 g/mol. The number of carbonyl (C=O) groups is 12. The Labute approximate surface area is 444 Å². The Morgan fingerprint density at radius 1 is 0.623 bits per heavy atom. The molecular formula is C48H73N10O18P. The van der Waals surface area contributed by atoms with Crippen molar-refractivity contribution in [2.75, 3.05) is 13.1 Å². The summed E-state index contributed by atoms with van der Waals surface area (Å²) in [6.45, 7) is 8.49. The lowest BCUT2D eigenvalue weighted by atomic mass is 9.96. The van der Waals surface area contributed by atoms with Crippen LogP contribution >= 0.6 is 7.82 Å². The van der Waals surface area contributed by atoms with Crippen LogP contribution in [0.4, 0.5) is 0 Å². The summed E-state index contributed by atoms with van der Waals surface area (Å²) in [6.07, 6.45) is -1.90. The van der Waals surface area contributed by atoms with Crippen LogP contribution in [-0.2, 0) is 68.5 Å². The third-order valence-electron chi connectivity index (χ3n) is 13.5. The van der Waals surface area contributed by atoms with E-state index in [1.54, 1.807) is 27.7 Å². The van der Waals surface area contributed by atoms with Gasteiger partial charge in [-0.05, 0) is 74.5 Å². The number of benzene rings is 1. The van der Waals surface area contributed by atoms with E-state index in [-0.39, 0.29) is 49.6 Å². The van der Waals surface area contributed by atoms with Crippen molar-refractivity contribution < 1.29 is 86.6 Å². The first-order valence-electron chi connectivity index (χ1n) is 25.3. The predicted octanol–water partition coefficient (Wildman–Crippen LogP) is -1.82. The number of primary amides is 2. The summed E-state index contributed by atoms with van der Waals surface area (Å²) in [6, 6.07) is -6.48. The lowest BCUT2D eigenvalue weighted by molar-refractivity contribution is -0.144. The lowest BCUT2D eigenvalue weighted by Gasteiger charge is -2.33. The van der Waals surface area contributed by atoms with Gasteiger partial charge >= 0.3 is 19.8 Å². The molecule has 428 valence electrons. The maximum Gasteiger partial charge on any atom is 0.524 e. The predicted molar refractivity (Wildman–Crippen MR) is 270 cm³/mol. The molecule has 2 aliphatic rings. The highest BCUT2D eigenvalue weighted by molar-refractivity contribution is 7.46. The molecule has 1 aromatic carbocycles. The molecule has 10 amide bonds. The van der Waals surface area contributed by atoms with Crippen LogP contribution in [0.5, 0.6) is 5.75 Å². The third kappa shape index (κ3) is 20.4. The van der Waals surface area contributed by atoms with E-state index in [0.717, 1.165) is 12.1 Å². The van der Waals surface area contributed by atoms with Gasteiger partial charge in [-0.25, -0.2) is 4.57 Å². The lowest BCUT2D eigenvalue weighted by Crippen LogP contribution is -2.61. The van der Waals surface area contributed by atoms with Crippen molar-refractivity contribution in [3.05, 3.63) is 29.8 Å². The van der Waals surface area contributed by atoms with Gasteiger partial charge < -0.3 is 67.9 Å². The van der Waals surface area contributed by atoms with Crippen molar-refractivity contribution in [3.8, 4) is 5.75 Å². The standard InChI is InChI=1S/C48H73N10O18P/c1-6-25(3)39(41(50)65)55-47(71)35-11-9-23-58(35)48(72)40(26(4)7-2)56-44(68)32(18-21-38(63)64)51-42(66)31(17-20-37(61)62)52-45(69)33(24-28-12-14-29(15-13-28)76-77(73,74)75)54-43(67)30(16-19-36(49)60)53-46(70)34-10-8-22-57(34)27(5)59/h12-15,25-26,30-35,39-40H,6-11,16-24H2,1-5H3,(H2,49,60)(H2,50,65)(H,51,66)(H,52,69)(H,53,70)(H,54,67)(H,55,71)(H,56,68)(H,61,62)(H,63,64)(H2,73,74,75)/t25?,26?,30-,31-,32-,33-,34-,35-,39-,40-/m0/s1. The molecule has 2 heterocycles. The first-order chi connectivity index (χ1) is 36.1. The molecule has 2 unspecified atom stereocenters. The maximum absolute atomic E-state index is 14.4. The van der Waals surface area contributed by atoms with Crippen LogP contribution in [0.3, 0.4) is 0 Å². The fourth-order valence-electron chi connectivity index (χ4n) is 8.80. The minimum atomic E-state index is -5.01. The van der Waals surface area contributed by atoms with Gasteiger partial charge in [-0.1, -0.05) is 52.7 Å². The zero-order valence-electron chi connectivity index (χ0n) is 43.7. The van der Waals surface area contributed by atoms with Crippen molar-refractivity contribution in [2.24, 2.45) is 23.3 Å². The number of rotatable bonds is 31. The largest absolute Gasteiger partial charge is 0.524 e. The molecule has 3 rings (SSSR count). The van der Waals surface area contributed by atoms with Crippen molar-refractivity contribution in [1.29, 1.82) is 0 Å². The van der Waals surface area contributed by atoms with Crippen molar-refractivity contribution >= 4 is 78.8 Å². The van der Waals surface area contributed by atoms with Crippen LogP contribution < -0.4 is 47.9 Å². The third-order valence-corrected chi connectivity index (χ3v) is 13.9. The maximum atomic E-state index is 14.4. The van der Waals surface area contributed by atoms with Crippen LogP contribution in [-0.4, -0.2) is 162 Å². The smallest absolute Gasteiger partial charge is 0.481 e. The molecule has 2 saturated heterocycles. The minimum absolute atomic E-state index is 0.0925. The van der Waals surface area contributed by atoms with Gasteiger partial charge in [-0.3, -0.25) is 67.3 Å². The van der Waals surface area contributed by atoms with Gasteiger partial charge in [-0.2, -0.15) is 0 Å². The number of nitrogens with one attached hydrogen (secondary N) is 6. The molecule has 0 aromatic heterocycles. The van der Waals surface area contributed by atoms with Crippen LogP contribution in [0.1, 0.15) is 117 Å². The molecule has 0 bridgehead atoms. The molecule has 0 saturated carbocycles. The topological polar surface area (TPSA) is 443 Å². The molecule has 29 heteroatoms. The van der Waals surface area contributed by atoms with Gasteiger partial charge in [0.1, 0.15) is 54.1 Å². The summed E-state index contributed by atoms with van der Waals surface area (Å²) in [5, 5.41) is 34.3. The van der Waals surface area contributed by atoms with E-state index < -0.39 is 172 Å². The molecule has 28 nitrogen and oxygen atoms in total. The Balaban J connectivity index is 1.99. The SMILES string of the molecule is CCC(C)[C@H](NC(=O)[C@@H]1CCCN1C(=O)[C@@H](NC(=O)[C@H](CCC(=O)O)NC(=O)[C@H](CCC(=O)O)NC(=O)[C@H](Cc1ccc(OP(=O)(O)O)cc1)NC(=O)[C@H](CCC(N)=O)NC(=O)[C@@H]1CCCN1C(C)=O)C(C)CC)C(N)=O. The van der Waals surface area contributed by atoms with Gasteiger partial charge in [0.25, 0.3) is 0 Å². The number of phosphoric ester groups is 1. The highest BCUT2D eigenvalue weighted by atomic mass is 31.2. The normalized spacial score (nSPS) is 18.4. The summed E-state index contributed by atoms with van der Waals surface area (Å²) in [5.41, 5.74) is 11.1. The van der Waals surface area contributed by atoms with E-state index in [4.69, 9.17) is 11.5 Å². The summed E-state index contributed by atoms with van der Waals surface area (Å²) < 4.78 is 16.1.